The number of aliphatic carboxylic acids is 2. The Morgan fingerprint density at radius 1 is 0.600 bits per heavy atom. The van der Waals surface area contributed by atoms with Gasteiger partial charge in [0.25, 0.3) is 0 Å². The van der Waals surface area contributed by atoms with E-state index in [0.29, 0.717) is 36.1 Å². The maximum Gasteiger partial charge on any atom is 0.416 e. The van der Waals surface area contributed by atoms with Gasteiger partial charge in [-0.1, -0.05) is 59.7 Å². The molecule has 2 N–H and O–H groups in total. The molecule has 0 unspecified atom stereocenters. The van der Waals surface area contributed by atoms with Gasteiger partial charge in [0.15, 0.2) is 0 Å². The molecule has 4 aromatic rings. The number of halogens is 6. The third-order valence-corrected chi connectivity index (χ3v) is 15.9. The zero-order chi connectivity index (χ0) is 49.6. The number of ether oxygens (including phenoxy) is 2. The van der Waals surface area contributed by atoms with E-state index in [0.717, 1.165) is 124 Å². The maximum absolute atomic E-state index is 13.5. The molecule has 0 amide bonds. The molecule has 4 saturated carbocycles. The van der Waals surface area contributed by atoms with Crippen LogP contribution in [0.5, 0.6) is 11.5 Å². The highest BCUT2D eigenvalue weighted by Gasteiger charge is 2.51. The lowest BCUT2D eigenvalue weighted by Crippen LogP contribution is -2.45. The van der Waals surface area contributed by atoms with Crippen LogP contribution in [0.4, 0.5) is 26.3 Å². The van der Waals surface area contributed by atoms with Gasteiger partial charge in [0, 0.05) is 26.2 Å². The Bertz CT molecular complexity index is 2350. The normalized spacial score (nSPS) is 25.4. The van der Waals surface area contributed by atoms with Gasteiger partial charge >= 0.3 is 24.3 Å². The number of alkyl halides is 6. The summed E-state index contributed by atoms with van der Waals surface area (Å²) in [7, 11) is 0. The van der Waals surface area contributed by atoms with Crippen LogP contribution in [-0.2, 0) is 35.0 Å². The number of hydrogen-bond acceptors (Lipinski definition) is 6. The Morgan fingerprint density at radius 3 is 1.33 bits per heavy atom. The smallest absolute Gasteiger partial charge is 0.416 e. The molecule has 2 atom stereocenters. The molecule has 70 heavy (non-hydrogen) atoms. The van der Waals surface area contributed by atoms with Crippen molar-refractivity contribution in [3.8, 4) is 11.5 Å². The topological polar surface area (TPSA) is 99.5 Å². The molecule has 6 fully saturated rings. The molecule has 4 aliphatic carbocycles. The fourth-order valence-electron chi connectivity index (χ4n) is 12.2. The van der Waals surface area contributed by atoms with Gasteiger partial charge in [-0.25, -0.2) is 0 Å². The van der Waals surface area contributed by atoms with Crippen LogP contribution in [0.2, 0.25) is 0 Å². The van der Waals surface area contributed by atoms with E-state index in [-0.39, 0.29) is 47.7 Å². The van der Waals surface area contributed by atoms with Gasteiger partial charge in [-0.15, -0.1) is 0 Å². The van der Waals surface area contributed by atoms with Crippen LogP contribution in [-0.4, -0.2) is 70.3 Å². The standard InChI is InChI=1S/2C28H32F3NO3/c2*1-18-5-8-25(28(29,30)31)21(11-18)16-32-10-9-27(17-32)14-23(15-27)35-22-4-2-3-20(12-22)24(13-26(33)34)19-6-7-19/h2*2-5,8,11-12,19,23-24H,6-7,9-10,13-17H2,1H3,(H,33,34)/t2*23?,24-,27?/m00/s1. The molecule has 2 heterocycles. The molecule has 6 aliphatic rings. The molecule has 14 heteroatoms. The molecule has 2 saturated heterocycles. The summed E-state index contributed by atoms with van der Waals surface area (Å²) in [5, 5.41) is 18.6. The van der Waals surface area contributed by atoms with Crippen molar-refractivity contribution in [1.82, 2.24) is 9.80 Å². The summed E-state index contributed by atoms with van der Waals surface area (Å²) in [6.45, 7) is 7.47. The first kappa shape index (κ1) is 49.9. The van der Waals surface area contributed by atoms with Gasteiger partial charge in [-0.3, -0.25) is 19.4 Å². The molecule has 376 valence electrons. The number of carboxylic acid groups (broad SMARTS) is 2. The summed E-state index contributed by atoms with van der Waals surface area (Å²) in [6, 6.07) is 24.5. The third-order valence-electron chi connectivity index (χ3n) is 15.9. The molecular weight excluding hydrogens is 911 g/mol. The fourth-order valence-corrected chi connectivity index (χ4v) is 12.2. The summed E-state index contributed by atoms with van der Waals surface area (Å²) in [6.07, 6.45) is 1.66. The molecule has 2 aliphatic heterocycles. The highest BCUT2D eigenvalue weighted by molar-refractivity contribution is 5.68. The number of hydrogen-bond donors (Lipinski definition) is 2. The SMILES string of the molecule is Cc1ccc(C(F)(F)F)c(CN2CCC3(CC(Oc4cccc([C@@H](CC(=O)O)C5CC5)c4)C3)C2)c1.Cc1ccc(C(F)(F)F)c(CN2CCC3(CC(Oc4cccc([C@@H](CC(=O)O)C5CC5)c4)C3)C2)c1. The van der Waals surface area contributed by atoms with Crippen molar-refractivity contribution in [3.63, 3.8) is 0 Å². The minimum Gasteiger partial charge on any atom is -0.490 e. The largest absolute Gasteiger partial charge is 0.490 e. The lowest BCUT2D eigenvalue weighted by atomic mass is 9.66. The van der Waals surface area contributed by atoms with E-state index in [1.54, 1.807) is 12.1 Å². The summed E-state index contributed by atoms with van der Waals surface area (Å²) in [5.41, 5.74) is 3.61. The number of carbonyl (C=O) groups is 2. The zero-order valence-corrected chi connectivity index (χ0v) is 40.0. The zero-order valence-electron chi connectivity index (χ0n) is 40.0. The Hall–Kier alpha value is -5.08. The minimum absolute atomic E-state index is 0.0374. The van der Waals surface area contributed by atoms with Crippen molar-refractivity contribution in [1.29, 1.82) is 0 Å². The van der Waals surface area contributed by atoms with E-state index in [1.165, 1.54) is 24.3 Å². The van der Waals surface area contributed by atoms with E-state index in [1.807, 2.05) is 62.4 Å². The summed E-state index contributed by atoms with van der Waals surface area (Å²) < 4.78 is 93.3. The van der Waals surface area contributed by atoms with Gasteiger partial charge in [-0.2, -0.15) is 26.3 Å². The number of nitrogens with zero attached hydrogens (tertiary/aromatic N) is 2. The molecule has 0 bridgehead atoms. The van der Waals surface area contributed by atoms with E-state index in [4.69, 9.17) is 9.47 Å². The second-order valence-corrected chi connectivity index (χ2v) is 21.8. The lowest BCUT2D eigenvalue weighted by Gasteiger charge is -2.45. The first-order chi connectivity index (χ1) is 33.2. The Balaban J connectivity index is 0.000000174. The van der Waals surface area contributed by atoms with Crippen molar-refractivity contribution in [2.75, 3.05) is 26.2 Å². The first-order valence-corrected chi connectivity index (χ1v) is 25.0. The van der Waals surface area contributed by atoms with Crippen LogP contribution in [0.3, 0.4) is 0 Å². The van der Waals surface area contributed by atoms with Crippen LogP contribution >= 0.6 is 0 Å². The Labute approximate surface area is 406 Å². The van der Waals surface area contributed by atoms with Crippen molar-refractivity contribution < 1.29 is 55.6 Å². The molecule has 8 nitrogen and oxygen atoms in total. The first-order valence-electron chi connectivity index (χ1n) is 25.0. The molecule has 2 spiro atoms. The minimum atomic E-state index is -4.34. The van der Waals surface area contributed by atoms with Crippen LogP contribution < -0.4 is 9.47 Å². The number of likely N-dealkylation sites (tertiary alicyclic amines) is 2. The van der Waals surface area contributed by atoms with Gasteiger partial charge in [0.05, 0.1) is 36.2 Å². The summed E-state index contributed by atoms with van der Waals surface area (Å²) >= 11 is 0. The van der Waals surface area contributed by atoms with E-state index in [9.17, 15) is 46.1 Å². The maximum atomic E-state index is 13.5. The Kier molecular flexibility index (Phi) is 14.1. The Morgan fingerprint density at radius 2 is 0.986 bits per heavy atom. The highest BCUT2D eigenvalue weighted by Crippen LogP contribution is 2.53. The molecule has 0 aromatic heterocycles. The predicted octanol–water partition coefficient (Wildman–Crippen LogP) is 12.8. The van der Waals surface area contributed by atoms with Gasteiger partial charge in [0.1, 0.15) is 11.5 Å². The number of benzene rings is 4. The van der Waals surface area contributed by atoms with Crippen molar-refractivity contribution in [2.45, 2.75) is 140 Å². The van der Waals surface area contributed by atoms with E-state index >= 15 is 0 Å². The van der Waals surface area contributed by atoms with Crippen molar-refractivity contribution in [3.05, 3.63) is 129 Å². The second kappa shape index (κ2) is 19.8. The van der Waals surface area contributed by atoms with Crippen molar-refractivity contribution >= 4 is 11.9 Å². The molecule has 4 aromatic carbocycles. The van der Waals surface area contributed by atoms with Crippen LogP contribution in [0.1, 0.15) is 133 Å². The average molecular weight is 975 g/mol. The predicted molar refractivity (Wildman–Crippen MR) is 253 cm³/mol. The third kappa shape index (κ3) is 12.1. The fraction of sp³-hybridized carbons (Fsp3) is 0.536. The monoisotopic (exact) mass is 974 g/mol. The van der Waals surface area contributed by atoms with Gasteiger partial charge in [-0.05, 0) is 184 Å². The van der Waals surface area contributed by atoms with Crippen LogP contribution in [0.15, 0.2) is 84.9 Å². The second-order valence-electron chi connectivity index (χ2n) is 21.8. The highest BCUT2D eigenvalue weighted by atomic mass is 19.4. The van der Waals surface area contributed by atoms with E-state index < -0.39 is 35.4 Å². The van der Waals surface area contributed by atoms with Crippen molar-refractivity contribution in [2.24, 2.45) is 22.7 Å². The van der Waals surface area contributed by atoms with Gasteiger partial charge < -0.3 is 19.7 Å². The van der Waals surface area contributed by atoms with Crippen LogP contribution in [0, 0.1) is 36.5 Å². The number of rotatable bonds is 16. The number of aryl methyl sites for hydroxylation is 2. The van der Waals surface area contributed by atoms with Gasteiger partial charge in [0.2, 0.25) is 0 Å². The lowest BCUT2D eigenvalue weighted by molar-refractivity contribution is -0.139. The quantitative estimate of drug-likeness (QED) is 0.107. The summed E-state index contributed by atoms with van der Waals surface area (Å²) in [4.78, 5) is 26.9. The number of carboxylic acids is 2. The van der Waals surface area contributed by atoms with Crippen LogP contribution in [0.25, 0.3) is 0 Å². The molecule has 10 rings (SSSR count). The summed E-state index contributed by atoms with van der Waals surface area (Å²) in [5.74, 6) is 0.991. The molecule has 0 radical (unpaired) electrons. The molecular formula is C56H64F6N2O6. The average Bonchev–Trinajstić information content (AvgIpc) is 4.20. The van der Waals surface area contributed by atoms with E-state index in [2.05, 4.69) is 9.80 Å².